The van der Waals surface area contributed by atoms with Crippen LogP contribution in [-0.4, -0.2) is 15.2 Å². The molecule has 10 heavy (non-hydrogen) atoms. The largest absolute Gasteiger partial charge is 0.248 e. The quantitative estimate of drug-likeness (QED) is 0.533. The van der Waals surface area contributed by atoms with Gasteiger partial charge in [-0.05, 0) is 12.8 Å². The summed E-state index contributed by atoms with van der Waals surface area (Å²) in [5.74, 6) is 0.912. The van der Waals surface area contributed by atoms with Gasteiger partial charge in [0, 0.05) is 11.0 Å². The Labute approximate surface area is 69.8 Å². The highest BCUT2D eigenvalue weighted by Crippen LogP contribution is 2.25. The van der Waals surface area contributed by atoms with Crippen LogP contribution >= 0.6 is 10.8 Å². The summed E-state index contributed by atoms with van der Waals surface area (Å²) >= 11 is 0. The van der Waals surface area contributed by atoms with Crippen molar-refractivity contribution >= 4 is 20.6 Å². The Morgan fingerprint density at radius 1 is 1.50 bits per heavy atom. The zero-order chi connectivity index (χ0) is 7.98. The molecule has 0 spiro atoms. The SMILES string of the molecule is CC.CC1CCCS(=O)S1. The Hall–Kier alpha value is 0.500. The zero-order valence-corrected chi connectivity index (χ0v) is 8.56. The van der Waals surface area contributed by atoms with Crippen molar-refractivity contribution in [2.45, 2.75) is 38.9 Å². The molecule has 3 heteroatoms. The molecule has 1 heterocycles. The van der Waals surface area contributed by atoms with Crippen LogP contribution in [0.15, 0.2) is 0 Å². The van der Waals surface area contributed by atoms with Crippen LogP contribution < -0.4 is 0 Å². The fourth-order valence-corrected chi connectivity index (χ4v) is 3.93. The number of rotatable bonds is 0. The maximum absolute atomic E-state index is 10.7. The molecule has 1 saturated heterocycles. The van der Waals surface area contributed by atoms with Crippen LogP contribution in [0.1, 0.15) is 33.6 Å². The Bertz CT molecular complexity index is 104. The average Bonchev–Trinajstić information content (AvgIpc) is 1.91. The lowest BCUT2D eigenvalue weighted by molar-refractivity contribution is 0.682. The molecule has 0 bridgehead atoms. The fraction of sp³-hybridized carbons (Fsp3) is 1.00. The van der Waals surface area contributed by atoms with Crippen molar-refractivity contribution < 1.29 is 4.21 Å². The van der Waals surface area contributed by atoms with Gasteiger partial charge in [-0.15, -0.1) is 0 Å². The van der Waals surface area contributed by atoms with E-state index < -0.39 is 9.83 Å². The molecule has 0 saturated carbocycles. The van der Waals surface area contributed by atoms with Gasteiger partial charge in [0.15, 0.2) is 0 Å². The second kappa shape index (κ2) is 6.23. The summed E-state index contributed by atoms with van der Waals surface area (Å²) < 4.78 is 10.7. The lowest BCUT2D eigenvalue weighted by Gasteiger charge is -2.14. The summed E-state index contributed by atoms with van der Waals surface area (Å²) in [4.78, 5) is 0. The first kappa shape index (κ1) is 10.5. The van der Waals surface area contributed by atoms with E-state index in [4.69, 9.17) is 0 Å². The predicted octanol–water partition coefficient (Wildman–Crippen LogP) is 2.59. The molecule has 1 aliphatic heterocycles. The van der Waals surface area contributed by atoms with Gasteiger partial charge in [0.1, 0.15) is 0 Å². The van der Waals surface area contributed by atoms with Crippen LogP contribution in [0, 0.1) is 0 Å². The Balaban J connectivity index is 0.000000371. The molecule has 0 amide bonds. The minimum Gasteiger partial charge on any atom is -0.248 e. The molecule has 1 fully saturated rings. The van der Waals surface area contributed by atoms with E-state index in [0.29, 0.717) is 5.25 Å². The summed E-state index contributed by atoms with van der Waals surface area (Å²) in [5, 5.41) is 0.629. The third-order valence-corrected chi connectivity index (χ3v) is 4.72. The minimum atomic E-state index is -0.554. The first-order valence-corrected chi connectivity index (χ1v) is 6.56. The molecule has 62 valence electrons. The highest BCUT2D eigenvalue weighted by Gasteiger charge is 2.13. The molecule has 1 rings (SSSR count). The van der Waals surface area contributed by atoms with Gasteiger partial charge >= 0.3 is 0 Å². The lowest BCUT2D eigenvalue weighted by Crippen LogP contribution is -2.08. The summed E-state index contributed by atoms with van der Waals surface area (Å²) in [7, 11) is 1.06. The topological polar surface area (TPSA) is 17.1 Å². The smallest absolute Gasteiger partial charge is 0.0806 e. The molecule has 0 aromatic rings. The van der Waals surface area contributed by atoms with Crippen molar-refractivity contribution in [3.05, 3.63) is 0 Å². The van der Waals surface area contributed by atoms with E-state index >= 15 is 0 Å². The molecule has 1 aliphatic rings. The van der Waals surface area contributed by atoms with Gasteiger partial charge in [0.25, 0.3) is 0 Å². The molecule has 0 N–H and O–H groups in total. The number of hydrogen-bond donors (Lipinski definition) is 0. The molecular formula is C7H16OS2. The maximum Gasteiger partial charge on any atom is 0.0806 e. The van der Waals surface area contributed by atoms with Crippen LogP contribution in [0.2, 0.25) is 0 Å². The zero-order valence-electron chi connectivity index (χ0n) is 6.92. The van der Waals surface area contributed by atoms with E-state index in [0.717, 1.165) is 12.2 Å². The fourth-order valence-electron chi connectivity index (χ4n) is 0.768. The molecule has 2 atom stereocenters. The Morgan fingerprint density at radius 3 is 2.40 bits per heavy atom. The summed E-state index contributed by atoms with van der Waals surface area (Å²) in [6, 6.07) is 0. The monoisotopic (exact) mass is 180 g/mol. The molecule has 0 aromatic heterocycles. The van der Waals surface area contributed by atoms with E-state index in [1.54, 1.807) is 10.8 Å². The normalized spacial score (nSPS) is 32.3. The van der Waals surface area contributed by atoms with Crippen LogP contribution in [0.5, 0.6) is 0 Å². The van der Waals surface area contributed by atoms with Crippen molar-refractivity contribution in [1.82, 2.24) is 0 Å². The van der Waals surface area contributed by atoms with Crippen LogP contribution in [0.25, 0.3) is 0 Å². The van der Waals surface area contributed by atoms with Gasteiger partial charge in [0.05, 0.1) is 9.83 Å². The van der Waals surface area contributed by atoms with Gasteiger partial charge in [-0.1, -0.05) is 31.6 Å². The summed E-state index contributed by atoms with van der Waals surface area (Å²) in [5.41, 5.74) is 0. The Morgan fingerprint density at radius 2 is 2.10 bits per heavy atom. The van der Waals surface area contributed by atoms with Crippen LogP contribution in [-0.2, 0) is 9.83 Å². The number of hydrogen-bond acceptors (Lipinski definition) is 2. The summed E-state index contributed by atoms with van der Waals surface area (Å²) in [6.45, 7) is 6.14. The predicted molar refractivity (Wildman–Crippen MR) is 50.6 cm³/mol. The molecule has 0 aromatic carbocycles. The second-order valence-electron chi connectivity index (χ2n) is 2.06. The van der Waals surface area contributed by atoms with E-state index in [-0.39, 0.29) is 0 Å². The molecule has 0 aliphatic carbocycles. The summed E-state index contributed by atoms with van der Waals surface area (Å²) in [6.07, 6.45) is 2.40. The standard InChI is InChI=1S/C5H10OS2.C2H6/c1-5-3-2-4-8(6)7-5;1-2/h5H,2-4H2,1H3;1-2H3. The van der Waals surface area contributed by atoms with Gasteiger partial charge in [-0.2, -0.15) is 0 Å². The third-order valence-electron chi connectivity index (χ3n) is 1.19. The van der Waals surface area contributed by atoms with E-state index in [1.807, 2.05) is 13.8 Å². The van der Waals surface area contributed by atoms with Gasteiger partial charge in [-0.3, -0.25) is 0 Å². The van der Waals surface area contributed by atoms with Gasteiger partial charge < -0.3 is 0 Å². The lowest BCUT2D eigenvalue weighted by atomic mass is 10.3. The van der Waals surface area contributed by atoms with E-state index in [9.17, 15) is 4.21 Å². The highest BCUT2D eigenvalue weighted by atomic mass is 33.1. The first-order chi connectivity index (χ1) is 4.79. The molecule has 2 unspecified atom stereocenters. The van der Waals surface area contributed by atoms with Crippen molar-refractivity contribution in [2.24, 2.45) is 0 Å². The van der Waals surface area contributed by atoms with Crippen LogP contribution in [0.4, 0.5) is 0 Å². The van der Waals surface area contributed by atoms with Crippen molar-refractivity contribution in [2.75, 3.05) is 5.75 Å². The van der Waals surface area contributed by atoms with Crippen molar-refractivity contribution in [1.29, 1.82) is 0 Å². The average molecular weight is 180 g/mol. The third kappa shape index (κ3) is 4.34. The first-order valence-electron chi connectivity index (χ1n) is 3.84. The second-order valence-corrected chi connectivity index (χ2v) is 5.76. The Kier molecular flexibility index (Phi) is 6.54. The van der Waals surface area contributed by atoms with Crippen molar-refractivity contribution in [3.8, 4) is 0 Å². The molecule has 1 nitrogen and oxygen atoms in total. The maximum atomic E-state index is 10.7. The minimum absolute atomic E-state index is 0.554. The van der Waals surface area contributed by atoms with Gasteiger partial charge in [-0.25, -0.2) is 4.21 Å². The van der Waals surface area contributed by atoms with E-state index in [1.165, 1.54) is 6.42 Å². The molecule has 0 radical (unpaired) electrons. The van der Waals surface area contributed by atoms with Crippen LogP contribution in [0.3, 0.4) is 0 Å². The highest BCUT2D eigenvalue weighted by molar-refractivity contribution is 8.69. The van der Waals surface area contributed by atoms with Gasteiger partial charge in [0.2, 0.25) is 0 Å². The van der Waals surface area contributed by atoms with Crippen molar-refractivity contribution in [3.63, 3.8) is 0 Å². The van der Waals surface area contributed by atoms with E-state index in [2.05, 4.69) is 6.92 Å². The molecular weight excluding hydrogens is 164 g/mol.